The predicted octanol–water partition coefficient (Wildman–Crippen LogP) is 4.49. The average Bonchev–Trinajstić information content (AvgIpc) is 2.63. The molecule has 3 N–H and O–H groups in total. The number of nitrogen functional groups attached to an aromatic ring is 1. The zero-order valence-corrected chi connectivity index (χ0v) is 15.1. The largest absolute Gasteiger partial charge is 0.495 e. The second kappa shape index (κ2) is 7.38. The van der Waals surface area contributed by atoms with Crippen molar-refractivity contribution in [3.05, 3.63) is 47.1 Å². The minimum Gasteiger partial charge on any atom is -0.495 e. The third kappa shape index (κ3) is 3.30. The van der Waals surface area contributed by atoms with E-state index in [2.05, 4.69) is 16.4 Å². The zero-order valence-electron chi connectivity index (χ0n) is 14.3. The number of methoxy groups -OCH3 is 1. The molecule has 1 aromatic heterocycles. The first-order chi connectivity index (χ1) is 12.6. The second-order valence-corrected chi connectivity index (χ2v) is 5.88. The van der Waals surface area contributed by atoms with Gasteiger partial charge in [-0.3, -0.25) is 4.98 Å². The highest BCUT2D eigenvalue weighted by Crippen LogP contribution is 2.36. The first kappa shape index (κ1) is 17.6. The lowest BCUT2D eigenvalue weighted by molar-refractivity contribution is 0.342. The Balaban J connectivity index is 2.12. The molecule has 6 nitrogen and oxygen atoms in total. The van der Waals surface area contributed by atoms with Gasteiger partial charge in [-0.15, -0.1) is 0 Å². The molecule has 7 heteroatoms. The van der Waals surface area contributed by atoms with Crippen LogP contribution in [0.2, 0.25) is 5.02 Å². The van der Waals surface area contributed by atoms with Gasteiger partial charge < -0.3 is 20.5 Å². The quantitative estimate of drug-likeness (QED) is 0.644. The zero-order chi connectivity index (χ0) is 18.7. The number of anilines is 3. The molecule has 26 heavy (non-hydrogen) atoms. The molecular weight excluding hydrogens is 352 g/mol. The fraction of sp³-hybridized carbons (Fsp3) is 0.158. The standard InChI is InChI=1S/C19H17ClN4O2/c1-3-26-18-8-16-13(7-15(18)22)19(11(9-21)10-23-16)24-12-4-5-17(25-2)14(20)6-12/h4-8,10H,3,22H2,1-2H3,(H,23,24). The van der Waals surface area contributed by atoms with Crippen LogP contribution in [-0.2, 0) is 0 Å². The molecule has 0 amide bonds. The van der Waals surface area contributed by atoms with Crippen LogP contribution in [0.25, 0.3) is 10.9 Å². The van der Waals surface area contributed by atoms with Crippen molar-refractivity contribution in [2.45, 2.75) is 6.92 Å². The Morgan fingerprint density at radius 3 is 2.73 bits per heavy atom. The number of benzene rings is 2. The van der Waals surface area contributed by atoms with Crippen molar-refractivity contribution in [1.29, 1.82) is 5.26 Å². The molecule has 2 aromatic carbocycles. The summed E-state index contributed by atoms with van der Waals surface area (Å²) in [6.45, 7) is 2.39. The van der Waals surface area contributed by atoms with Gasteiger partial charge in [-0.1, -0.05) is 11.6 Å². The molecule has 0 aliphatic rings. The van der Waals surface area contributed by atoms with Gasteiger partial charge in [0.2, 0.25) is 0 Å². The lowest BCUT2D eigenvalue weighted by atomic mass is 10.1. The number of rotatable bonds is 5. The molecule has 0 spiro atoms. The minimum absolute atomic E-state index is 0.396. The van der Waals surface area contributed by atoms with Gasteiger partial charge >= 0.3 is 0 Å². The van der Waals surface area contributed by atoms with E-state index in [1.54, 1.807) is 31.4 Å². The highest BCUT2D eigenvalue weighted by molar-refractivity contribution is 6.32. The van der Waals surface area contributed by atoms with Gasteiger partial charge in [0.25, 0.3) is 0 Å². The first-order valence-electron chi connectivity index (χ1n) is 7.93. The van der Waals surface area contributed by atoms with Gasteiger partial charge in [0, 0.05) is 23.3 Å². The summed E-state index contributed by atoms with van der Waals surface area (Å²) in [5.41, 5.74) is 8.95. The molecular formula is C19H17ClN4O2. The molecule has 0 unspecified atom stereocenters. The van der Waals surface area contributed by atoms with E-state index in [0.717, 1.165) is 5.39 Å². The Hall–Kier alpha value is -3.17. The summed E-state index contributed by atoms with van der Waals surface area (Å²) in [7, 11) is 1.55. The fourth-order valence-electron chi connectivity index (χ4n) is 2.63. The van der Waals surface area contributed by atoms with Crippen LogP contribution in [0, 0.1) is 11.3 Å². The maximum absolute atomic E-state index is 9.47. The summed E-state index contributed by atoms with van der Waals surface area (Å²) in [5.74, 6) is 1.14. The van der Waals surface area contributed by atoms with Crippen LogP contribution in [-0.4, -0.2) is 18.7 Å². The Morgan fingerprint density at radius 2 is 2.08 bits per heavy atom. The number of ether oxygens (including phenoxy) is 2. The number of aromatic nitrogens is 1. The summed E-state index contributed by atoms with van der Waals surface area (Å²) in [5, 5.41) is 13.9. The topological polar surface area (TPSA) is 93.2 Å². The molecule has 0 atom stereocenters. The van der Waals surface area contributed by atoms with Crippen LogP contribution in [0.4, 0.5) is 17.1 Å². The van der Waals surface area contributed by atoms with Crippen LogP contribution >= 0.6 is 11.6 Å². The highest BCUT2D eigenvalue weighted by Gasteiger charge is 2.13. The van der Waals surface area contributed by atoms with Gasteiger partial charge in [0.05, 0.1) is 41.2 Å². The molecule has 0 saturated carbocycles. The van der Waals surface area contributed by atoms with Crippen LogP contribution in [0.5, 0.6) is 11.5 Å². The van der Waals surface area contributed by atoms with Crippen molar-refractivity contribution in [1.82, 2.24) is 4.98 Å². The molecule has 0 fully saturated rings. The van der Waals surface area contributed by atoms with E-state index in [9.17, 15) is 5.26 Å². The maximum atomic E-state index is 9.47. The Kier molecular flexibility index (Phi) is 5.01. The summed E-state index contributed by atoms with van der Waals surface area (Å²) in [6.07, 6.45) is 1.52. The van der Waals surface area contributed by atoms with Crippen LogP contribution < -0.4 is 20.5 Å². The number of nitrogens with two attached hydrogens (primary N) is 1. The predicted molar refractivity (Wildman–Crippen MR) is 103 cm³/mol. The molecule has 3 rings (SSSR count). The summed E-state index contributed by atoms with van der Waals surface area (Å²) in [4.78, 5) is 4.34. The summed E-state index contributed by atoms with van der Waals surface area (Å²) >= 11 is 6.19. The van der Waals surface area contributed by atoms with E-state index in [1.165, 1.54) is 6.20 Å². The third-order valence-corrected chi connectivity index (χ3v) is 4.14. The van der Waals surface area contributed by atoms with Gasteiger partial charge in [0.1, 0.15) is 17.6 Å². The Labute approximate surface area is 156 Å². The van der Waals surface area contributed by atoms with Crippen molar-refractivity contribution >= 4 is 39.6 Å². The lowest BCUT2D eigenvalue weighted by Gasteiger charge is -2.14. The van der Waals surface area contributed by atoms with Gasteiger partial charge in [-0.25, -0.2) is 0 Å². The number of halogens is 1. The van der Waals surface area contributed by atoms with E-state index >= 15 is 0 Å². The van der Waals surface area contributed by atoms with E-state index in [-0.39, 0.29) is 0 Å². The van der Waals surface area contributed by atoms with Crippen molar-refractivity contribution in [2.75, 3.05) is 24.8 Å². The molecule has 0 radical (unpaired) electrons. The smallest absolute Gasteiger partial charge is 0.144 e. The van der Waals surface area contributed by atoms with Crippen LogP contribution in [0.1, 0.15) is 12.5 Å². The number of hydrogen-bond acceptors (Lipinski definition) is 6. The number of nitriles is 1. The number of nitrogens with one attached hydrogen (secondary N) is 1. The van der Waals surface area contributed by atoms with Crippen LogP contribution in [0.15, 0.2) is 36.5 Å². The molecule has 0 saturated heterocycles. The monoisotopic (exact) mass is 368 g/mol. The van der Waals surface area contributed by atoms with Crippen molar-refractivity contribution in [2.24, 2.45) is 0 Å². The number of fused-ring (bicyclic) bond motifs is 1. The number of hydrogen-bond donors (Lipinski definition) is 2. The number of nitrogens with zero attached hydrogens (tertiary/aromatic N) is 2. The molecule has 3 aromatic rings. The minimum atomic E-state index is 0.396. The van der Waals surface area contributed by atoms with E-state index < -0.39 is 0 Å². The number of pyridine rings is 1. The first-order valence-corrected chi connectivity index (χ1v) is 8.30. The average molecular weight is 369 g/mol. The van der Waals surface area contributed by atoms with E-state index in [0.29, 0.717) is 51.3 Å². The molecule has 1 heterocycles. The van der Waals surface area contributed by atoms with Crippen molar-refractivity contribution in [3.8, 4) is 17.6 Å². The maximum Gasteiger partial charge on any atom is 0.144 e. The van der Waals surface area contributed by atoms with E-state index in [4.69, 9.17) is 26.8 Å². The van der Waals surface area contributed by atoms with Gasteiger partial charge in [-0.05, 0) is 31.2 Å². The van der Waals surface area contributed by atoms with Gasteiger partial charge in [0.15, 0.2) is 0 Å². The summed E-state index contributed by atoms with van der Waals surface area (Å²) < 4.78 is 10.7. The fourth-order valence-corrected chi connectivity index (χ4v) is 2.88. The van der Waals surface area contributed by atoms with Crippen molar-refractivity contribution < 1.29 is 9.47 Å². The molecule has 0 bridgehead atoms. The SMILES string of the molecule is CCOc1cc2ncc(C#N)c(Nc3ccc(OC)c(Cl)c3)c2cc1N. The summed E-state index contributed by atoms with van der Waals surface area (Å²) in [6, 6.07) is 11.0. The normalized spacial score (nSPS) is 10.4. The van der Waals surface area contributed by atoms with Gasteiger partial charge in [-0.2, -0.15) is 5.26 Å². The van der Waals surface area contributed by atoms with E-state index in [1.807, 2.05) is 13.0 Å². The molecule has 132 valence electrons. The Bertz CT molecular complexity index is 1010. The molecule has 0 aliphatic carbocycles. The lowest BCUT2D eigenvalue weighted by Crippen LogP contribution is -2.00. The molecule has 0 aliphatic heterocycles. The van der Waals surface area contributed by atoms with Crippen LogP contribution in [0.3, 0.4) is 0 Å². The second-order valence-electron chi connectivity index (χ2n) is 5.47. The third-order valence-electron chi connectivity index (χ3n) is 3.84. The van der Waals surface area contributed by atoms with Crippen molar-refractivity contribution in [3.63, 3.8) is 0 Å². The Morgan fingerprint density at radius 1 is 1.27 bits per heavy atom. The highest BCUT2D eigenvalue weighted by atomic mass is 35.5.